The summed E-state index contributed by atoms with van der Waals surface area (Å²) in [6.45, 7) is 11.2. The third-order valence-electron chi connectivity index (χ3n) is 4.85. The first-order chi connectivity index (χ1) is 10.9. The van der Waals surface area contributed by atoms with Gasteiger partial charge >= 0.3 is 0 Å². The molecule has 0 radical (unpaired) electrons. The number of nitrogens with zero attached hydrogens (tertiary/aromatic N) is 2. The van der Waals surface area contributed by atoms with Crippen LogP contribution in [0.3, 0.4) is 0 Å². The van der Waals surface area contributed by atoms with Gasteiger partial charge in [-0.1, -0.05) is 20.4 Å². The molecular weight excluding hydrogens is 288 g/mol. The van der Waals surface area contributed by atoms with Crippen molar-refractivity contribution >= 4 is 5.82 Å². The molecule has 1 aromatic heterocycles. The van der Waals surface area contributed by atoms with Crippen LogP contribution in [0, 0.1) is 5.92 Å². The molecular formula is C19H28N2O2. The first-order valence-electron chi connectivity index (χ1n) is 8.67. The fourth-order valence-corrected chi connectivity index (χ4v) is 3.49. The van der Waals surface area contributed by atoms with Gasteiger partial charge in [-0.15, -0.1) is 0 Å². The molecule has 1 aliphatic carbocycles. The van der Waals surface area contributed by atoms with Crippen LogP contribution in [0.15, 0.2) is 24.5 Å². The summed E-state index contributed by atoms with van der Waals surface area (Å²) in [5.41, 5.74) is 1.80. The predicted octanol–water partition coefficient (Wildman–Crippen LogP) is 3.69. The Balaban J connectivity index is 1.73. The van der Waals surface area contributed by atoms with Gasteiger partial charge in [0.1, 0.15) is 11.6 Å². The minimum Gasteiger partial charge on any atom is -0.492 e. The molecule has 1 saturated carbocycles. The van der Waals surface area contributed by atoms with Gasteiger partial charge in [0.15, 0.2) is 0 Å². The fraction of sp³-hybridized carbons (Fsp3) is 0.632. The zero-order chi connectivity index (χ0) is 16.6. The summed E-state index contributed by atoms with van der Waals surface area (Å²) in [4.78, 5) is 6.89. The molecule has 4 heteroatoms. The Morgan fingerprint density at radius 3 is 2.83 bits per heavy atom. The van der Waals surface area contributed by atoms with Crippen molar-refractivity contribution in [3.63, 3.8) is 0 Å². The second-order valence-electron chi connectivity index (χ2n) is 7.68. The summed E-state index contributed by atoms with van der Waals surface area (Å²) in [5, 5.41) is 10.0. The second kappa shape index (κ2) is 6.16. The summed E-state index contributed by atoms with van der Waals surface area (Å²) >= 11 is 0. The monoisotopic (exact) mass is 316 g/mol. The quantitative estimate of drug-likeness (QED) is 0.900. The summed E-state index contributed by atoms with van der Waals surface area (Å²) in [6, 6.07) is 2.44. The third kappa shape index (κ3) is 3.52. The second-order valence-corrected chi connectivity index (χ2v) is 7.68. The molecule has 3 rings (SSSR count). The van der Waals surface area contributed by atoms with E-state index < -0.39 is 5.60 Å². The number of fused-ring (bicyclic) bond motifs is 1. The van der Waals surface area contributed by atoms with E-state index in [1.165, 1.54) is 5.56 Å². The van der Waals surface area contributed by atoms with Crippen LogP contribution < -0.4 is 9.64 Å². The molecule has 0 amide bonds. The number of allylic oxidation sites excluding steroid dienone is 1. The highest BCUT2D eigenvalue weighted by molar-refractivity contribution is 5.58. The van der Waals surface area contributed by atoms with E-state index in [0.717, 1.165) is 56.0 Å². The molecule has 2 heterocycles. The molecule has 1 N–H and O–H groups in total. The zero-order valence-corrected chi connectivity index (χ0v) is 14.5. The topological polar surface area (TPSA) is 45.6 Å². The highest BCUT2D eigenvalue weighted by Crippen LogP contribution is 2.42. The molecule has 1 fully saturated rings. The van der Waals surface area contributed by atoms with Crippen molar-refractivity contribution < 1.29 is 9.84 Å². The number of hydrogen-bond acceptors (Lipinski definition) is 4. The molecule has 126 valence electrons. The molecule has 0 bridgehead atoms. The Bertz CT molecular complexity index is 587. The molecule has 4 nitrogen and oxygen atoms in total. The van der Waals surface area contributed by atoms with E-state index in [4.69, 9.17) is 4.74 Å². The van der Waals surface area contributed by atoms with Gasteiger partial charge in [0.25, 0.3) is 0 Å². The number of aliphatic hydroxyl groups is 1. The van der Waals surface area contributed by atoms with Crippen LogP contribution in [0.4, 0.5) is 5.82 Å². The van der Waals surface area contributed by atoms with E-state index in [-0.39, 0.29) is 0 Å². The van der Waals surface area contributed by atoms with Gasteiger partial charge in [-0.2, -0.15) is 0 Å². The normalized spacial score (nSPS) is 26.9. The molecule has 0 saturated heterocycles. The average molecular weight is 316 g/mol. The minimum absolute atomic E-state index is 0.316. The average Bonchev–Trinajstić information content (AvgIpc) is 2.44. The van der Waals surface area contributed by atoms with Crippen LogP contribution in [0.5, 0.6) is 5.75 Å². The molecule has 0 spiro atoms. The molecule has 0 unspecified atom stereocenters. The van der Waals surface area contributed by atoms with Crippen molar-refractivity contribution in [1.29, 1.82) is 0 Å². The lowest BCUT2D eigenvalue weighted by atomic mass is 9.75. The summed E-state index contributed by atoms with van der Waals surface area (Å²) in [6.07, 6.45) is 6.34. The smallest absolute Gasteiger partial charge is 0.138 e. The van der Waals surface area contributed by atoms with E-state index >= 15 is 0 Å². The molecule has 2 aliphatic rings. The molecule has 0 atom stereocenters. The van der Waals surface area contributed by atoms with Crippen LogP contribution in [-0.2, 0) is 6.42 Å². The lowest BCUT2D eigenvalue weighted by Gasteiger charge is -2.49. The summed E-state index contributed by atoms with van der Waals surface area (Å²) in [7, 11) is 0. The fourth-order valence-electron chi connectivity index (χ4n) is 3.49. The van der Waals surface area contributed by atoms with Gasteiger partial charge < -0.3 is 14.7 Å². The first-order valence-corrected chi connectivity index (χ1v) is 8.67. The van der Waals surface area contributed by atoms with Crippen molar-refractivity contribution in [2.45, 2.75) is 64.5 Å². The van der Waals surface area contributed by atoms with E-state index in [9.17, 15) is 5.11 Å². The minimum atomic E-state index is -0.539. The van der Waals surface area contributed by atoms with Crippen LogP contribution in [0.2, 0.25) is 0 Å². The third-order valence-corrected chi connectivity index (χ3v) is 4.85. The van der Waals surface area contributed by atoms with Crippen LogP contribution in [0.25, 0.3) is 0 Å². The Labute approximate surface area is 139 Å². The predicted molar refractivity (Wildman–Crippen MR) is 92.8 cm³/mol. The molecule has 1 aliphatic heterocycles. The number of aryl methyl sites for hydroxylation is 1. The van der Waals surface area contributed by atoms with Gasteiger partial charge in [0, 0.05) is 11.7 Å². The summed E-state index contributed by atoms with van der Waals surface area (Å²) < 4.78 is 5.84. The Hall–Kier alpha value is -1.55. The van der Waals surface area contributed by atoms with E-state index in [1.807, 2.05) is 13.1 Å². The maximum Gasteiger partial charge on any atom is 0.138 e. The molecule has 23 heavy (non-hydrogen) atoms. The maximum absolute atomic E-state index is 10.0. The maximum atomic E-state index is 10.0. The van der Waals surface area contributed by atoms with Gasteiger partial charge in [-0.05, 0) is 56.6 Å². The summed E-state index contributed by atoms with van der Waals surface area (Å²) in [5.74, 6) is 2.50. The van der Waals surface area contributed by atoms with Gasteiger partial charge in [-0.3, -0.25) is 0 Å². The van der Waals surface area contributed by atoms with Crippen molar-refractivity contribution in [3.05, 3.63) is 30.1 Å². The largest absolute Gasteiger partial charge is 0.492 e. The van der Waals surface area contributed by atoms with Gasteiger partial charge in [0.05, 0.1) is 18.4 Å². The zero-order valence-electron chi connectivity index (χ0n) is 14.5. The Kier molecular flexibility index (Phi) is 4.37. The van der Waals surface area contributed by atoms with E-state index in [2.05, 4.69) is 36.4 Å². The number of aromatic nitrogens is 1. The number of ether oxygens (including phenoxy) is 1. The first kappa shape index (κ1) is 16.3. The highest BCUT2D eigenvalue weighted by Gasteiger charge is 2.44. The van der Waals surface area contributed by atoms with E-state index in [0.29, 0.717) is 12.0 Å². The molecule has 1 aromatic rings. The number of anilines is 1. The lowest BCUT2D eigenvalue weighted by Crippen LogP contribution is -2.54. The molecule has 0 aromatic carbocycles. The van der Waals surface area contributed by atoms with Crippen LogP contribution in [0.1, 0.15) is 52.0 Å². The van der Waals surface area contributed by atoms with Crippen LogP contribution >= 0.6 is 0 Å². The lowest BCUT2D eigenvalue weighted by molar-refractivity contribution is -0.0298. The Morgan fingerprint density at radius 1 is 1.43 bits per heavy atom. The van der Waals surface area contributed by atoms with Gasteiger partial charge in [-0.25, -0.2) is 4.98 Å². The van der Waals surface area contributed by atoms with Crippen molar-refractivity contribution in [3.8, 4) is 5.75 Å². The SMILES string of the molecule is C=C1CCc2cc(OCCC(C)C)cnc2N1C1CC(C)(O)C1. The van der Waals surface area contributed by atoms with Crippen molar-refractivity contribution in [2.75, 3.05) is 11.5 Å². The highest BCUT2D eigenvalue weighted by atomic mass is 16.5. The van der Waals surface area contributed by atoms with Gasteiger partial charge in [0.2, 0.25) is 0 Å². The standard InChI is InChI=1S/C19H28N2O2/c1-13(2)7-8-23-17-9-15-6-5-14(3)21(18(15)20-12-17)16-10-19(4,22)11-16/h9,12-13,16,22H,3,5-8,10-11H2,1-2,4H3. The van der Waals surface area contributed by atoms with E-state index in [1.54, 1.807) is 0 Å². The van der Waals surface area contributed by atoms with Crippen molar-refractivity contribution in [1.82, 2.24) is 4.98 Å². The number of hydrogen-bond donors (Lipinski definition) is 1. The Morgan fingerprint density at radius 2 is 2.17 bits per heavy atom. The van der Waals surface area contributed by atoms with Crippen molar-refractivity contribution in [2.24, 2.45) is 5.92 Å². The number of rotatable bonds is 5. The van der Waals surface area contributed by atoms with Crippen LogP contribution in [-0.4, -0.2) is 28.3 Å². The number of pyridine rings is 1.